The molecule has 1 atom stereocenters. The highest BCUT2D eigenvalue weighted by molar-refractivity contribution is 6.90. The molecule has 3 heteroatoms. The fraction of sp³-hybridized carbons (Fsp3) is 0.857. The molecule has 0 aromatic rings. The molecule has 0 unspecified atom stereocenters. The predicted octanol–water partition coefficient (Wildman–Crippen LogP) is 2.92. The summed E-state index contributed by atoms with van der Waals surface area (Å²) < 4.78 is 0. The molecular weight excluding hydrogens is 226 g/mol. The van der Waals surface area contributed by atoms with Crippen LogP contribution in [0.3, 0.4) is 0 Å². The van der Waals surface area contributed by atoms with Gasteiger partial charge in [-0.1, -0.05) is 41.5 Å². The molecule has 0 aliphatic heterocycles. The maximum atomic E-state index is 8.91. The van der Waals surface area contributed by atoms with Gasteiger partial charge in [-0.2, -0.15) is 0 Å². The minimum Gasteiger partial charge on any atom is -0.395 e. The van der Waals surface area contributed by atoms with E-state index in [2.05, 4.69) is 53.0 Å². The van der Waals surface area contributed by atoms with E-state index in [0.29, 0.717) is 23.0 Å². The van der Waals surface area contributed by atoms with Crippen molar-refractivity contribution in [3.63, 3.8) is 0 Å². The molecule has 0 amide bonds. The van der Waals surface area contributed by atoms with Gasteiger partial charge in [0, 0.05) is 12.5 Å². The van der Waals surface area contributed by atoms with Gasteiger partial charge in [-0.3, -0.25) is 0 Å². The normalized spacial score (nSPS) is 14.1. The molecule has 3 N–H and O–H groups in total. The molecule has 0 fully saturated rings. The quantitative estimate of drug-likeness (QED) is 0.586. The fourth-order valence-electron chi connectivity index (χ4n) is 2.83. The van der Waals surface area contributed by atoms with Crippen LogP contribution < -0.4 is 5.73 Å². The van der Waals surface area contributed by atoms with Gasteiger partial charge in [0.2, 0.25) is 0 Å². The highest BCUT2D eigenvalue weighted by Crippen LogP contribution is 2.40. The van der Waals surface area contributed by atoms with E-state index < -0.39 is 8.07 Å². The lowest BCUT2D eigenvalue weighted by Gasteiger charge is -2.38. The number of hydrogen-bond donors (Lipinski definition) is 2. The van der Waals surface area contributed by atoms with E-state index in [1.165, 1.54) is 0 Å². The van der Waals surface area contributed by atoms with Crippen molar-refractivity contribution in [3.8, 4) is 11.5 Å². The van der Waals surface area contributed by atoms with Gasteiger partial charge in [0.25, 0.3) is 0 Å². The second-order valence-electron chi connectivity index (χ2n) is 5.85. The Morgan fingerprint density at radius 3 is 1.71 bits per heavy atom. The van der Waals surface area contributed by atoms with Crippen LogP contribution in [-0.2, 0) is 0 Å². The highest BCUT2D eigenvalue weighted by atomic mass is 28.3. The van der Waals surface area contributed by atoms with Gasteiger partial charge in [0.1, 0.15) is 8.07 Å². The molecule has 0 radical (unpaired) electrons. The summed E-state index contributed by atoms with van der Waals surface area (Å²) in [6, 6.07) is -0.194. The Morgan fingerprint density at radius 1 is 1.00 bits per heavy atom. The van der Waals surface area contributed by atoms with Crippen LogP contribution in [0.15, 0.2) is 0 Å². The first-order valence-corrected chi connectivity index (χ1v) is 8.88. The molecule has 100 valence electrons. The SMILES string of the molecule is CC(C)[Si](C#CC[C@H](N)CO)(C(C)C)C(C)C. The van der Waals surface area contributed by atoms with E-state index in [4.69, 9.17) is 10.8 Å². The highest BCUT2D eigenvalue weighted by Gasteiger charge is 2.41. The van der Waals surface area contributed by atoms with Crippen molar-refractivity contribution in [2.24, 2.45) is 5.73 Å². The summed E-state index contributed by atoms with van der Waals surface area (Å²) >= 11 is 0. The van der Waals surface area contributed by atoms with E-state index in [1.807, 2.05) is 0 Å². The van der Waals surface area contributed by atoms with Crippen LogP contribution in [0.5, 0.6) is 0 Å². The van der Waals surface area contributed by atoms with Crippen molar-refractivity contribution in [3.05, 3.63) is 0 Å². The van der Waals surface area contributed by atoms with Crippen molar-refractivity contribution in [2.45, 2.75) is 70.6 Å². The van der Waals surface area contributed by atoms with Gasteiger partial charge >= 0.3 is 0 Å². The summed E-state index contributed by atoms with van der Waals surface area (Å²) in [5, 5.41) is 8.91. The zero-order valence-electron chi connectivity index (χ0n) is 12.2. The zero-order chi connectivity index (χ0) is 13.6. The van der Waals surface area contributed by atoms with Gasteiger partial charge in [0.15, 0.2) is 0 Å². The van der Waals surface area contributed by atoms with E-state index in [1.54, 1.807) is 0 Å². The molecule has 0 rings (SSSR count). The monoisotopic (exact) mass is 255 g/mol. The van der Waals surface area contributed by atoms with Crippen molar-refractivity contribution < 1.29 is 5.11 Å². The Morgan fingerprint density at radius 2 is 1.41 bits per heavy atom. The summed E-state index contributed by atoms with van der Waals surface area (Å²) in [5.41, 5.74) is 11.2. The minimum absolute atomic E-state index is 0.0221. The fourth-order valence-corrected chi connectivity index (χ4v) is 8.11. The molecule has 0 aliphatic rings. The maximum absolute atomic E-state index is 8.91. The van der Waals surface area contributed by atoms with Gasteiger partial charge in [-0.15, -0.1) is 11.5 Å². The molecule has 0 saturated carbocycles. The second-order valence-corrected chi connectivity index (χ2v) is 11.4. The molecule has 0 heterocycles. The minimum atomic E-state index is -1.61. The maximum Gasteiger partial charge on any atom is 0.145 e. The topological polar surface area (TPSA) is 46.2 Å². The van der Waals surface area contributed by atoms with Crippen molar-refractivity contribution in [1.29, 1.82) is 0 Å². The average molecular weight is 255 g/mol. The number of rotatable bonds is 5. The van der Waals surface area contributed by atoms with Gasteiger partial charge in [-0.05, 0) is 16.6 Å². The lowest BCUT2D eigenvalue weighted by Crippen LogP contribution is -2.43. The van der Waals surface area contributed by atoms with Crippen LogP contribution in [0.1, 0.15) is 48.0 Å². The smallest absolute Gasteiger partial charge is 0.145 e. The van der Waals surface area contributed by atoms with Crippen LogP contribution in [0, 0.1) is 11.5 Å². The lowest BCUT2D eigenvalue weighted by atomic mass is 10.2. The zero-order valence-corrected chi connectivity index (χ0v) is 13.2. The van der Waals surface area contributed by atoms with Crippen molar-refractivity contribution >= 4 is 8.07 Å². The van der Waals surface area contributed by atoms with Gasteiger partial charge in [0.05, 0.1) is 6.61 Å². The van der Waals surface area contributed by atoms with Gasteiger partial charge in [-0.25, -0.2) is 0 Å². The Labute approximate surface area is 108 Å². The number of aliphatic hydroxyl groups is 1. The third kappa shape index (κ3) is 4.13. The number of nitrogens with two attached hydrogens (primary N) is 1. The molecule has 0 aromatic heterocycles. The summed E-state index contributed by atoms with van der Waals surface area (Å²) in [4.78, 5) is 0. The predicted molar refractivity (Wildman–Crippen MR) is 78.5 cm³/mol. The second kappa shape index (κ2) is 7.20. The van der Waals surface area contributed by atoms with E-state index in [-0.39, 0.29) is 12.6 Å². The lowest BCUT2D eigenvalue weighted by molar-refractivity contribution is 0.267. The van der Waals surface area contributed by atoms with Crippen molar-refractivity contribution in [2.75, 3.05) is 6.61 Å². The average Bonchev–Trinajstić information content (AvgIpc) is 2.22. The van der Waals surface area contributed by atoms with Crippen LogP contribution >= 0.6 is 0 Å². The molecule has 2 nitrogen and oxygen atoms in total. The molecule has 0 saturated heterocycles. The van der Waals surface area contributed by atoms with Crippen LogP contribution in [0.4, 0.5) is 0 Å². The van der Waals surface area contributed by atoms with Crippen LogP contribution in [0.25, 0.3) is 0 Å². The Bertz CT molecular complexity index is 254. The Hall–Kier alpha value is -0.303. The molecule has 0 aromatic carbocycles. The van der Waals surface area contributed by atoms with Gasteiger partial charge < -0.3 is 10.8 Å². The summed E-state index contributed by atoms with van der Waals surface area (Å²) in [7, 11) is -1.61. The largest absolute Gasteiger partial charge is 0.395 e. The standard InChI is InChI=1S/C14H29NOSi/c1-11(2)17(12(3)4,13(5)6)9-7-8-14(15)10-16/h11-14,16H,8,10,15H2,1-6H3/t14-/m0/s1. The molecule has 17 heavy (non-hydrogen) atoms. The van der Waals surface area contributed by atoms with Crippen molar-refractivity contribution in [1.82, 2.24) is 0 Å². The number of aliphatic hydroxyl groups excluding tert-OH is 1. The molecule has 0 bridgehead atoms. The summed E-state index contributed by atoms with van der Waals surface area (Å²) in [5.74, 6) is 3.25. The first-order chi connectivity index (χ1) is 7.78. The Kier molecular flexibility index (Phi) is 7.07. The van der Waals surface area contributed by atoms with E-state index in [0.717, 1.165) is 0 Å². The van der Waals surface area contributed by atoms with E-state index in [9.17, 15) is 0 Å². The Balaban J connectivity index is 5.05. The molecule has 0 aliphatic carbocycles. The molecular formula is C14H29NOSi. The third-order valence-electron chi connectivity index (χ3n) is 3.77. The first kappa shape index (κ1) is 16.7. The summed E-state index contributed by atoms with van der Waals surface area (Å²) in [6.45, 7) is 13.8. The summed E-state index contributed by atoms with van der Waals surface area (Å²) in [6.07, 6.45) is 0.609. The van der Waals surface area contributed by atoms with Crippen LogP contribution in [0.2, 0.25) is 16.6 Å². The van der Waals surface area contributed by atoms with Crippen LogP contribution in [-0.4, -0.2) is 25.8 Å². The van der Waals surface area contributed by atoms with E-state index >= 15 is 0 Å². The molecule has 0 spiro atoms. The number of hydrogen-bond acceptors (Lipinski definition) is 2. The first-order valence-electron chi connectivity index (χ1n) is 6.65. The third-order valence-corrected chi connectivity index (χ3v) is 10.1.